The minimum atomic E-state index is -0.505. The number of carbonyl (C=O) groups excluding carboxylic acids is 3. The van der Waals surface area contributed by atoms with Crippen molar-refractivity contribution in [1.82, 2.24) is 15.8 Å². The molecule has 6 heteroatoms. The molecule has 6 nitrogen and oxygen atoms in total. The van der Waals surface area contributed by atoms with Gasteiger partial charge in [0.2, 0.25) is 11.8 Å². The van der Waals surface area contributed by atoms with E-state index in [9.17, 15) is 14.4 Å². The van der Waals surface area contributed by atoms with E-state index in [0.717, 1.165) is 24.4 Å². The first-order valence-electron chi connectivity index (χ1n) is 5.90. The first-order chi connectivity index (χ1) is 8.05. The summed E-state index contributed by atoms with van der Waals surface area (Å²) < 4.78 is 0. The van der Waals surface area contributed by atoms with Crippen LogP contribution in [0.5, 0.6) is 0 Å². The van der Waals surface area contributed by atoms with E-state index in [4.69, 9.17) is 0 Å². The molecule has 2 rings (SSSR count). The zero-order valence-electron chi connectivity index (χ0n) is 9.91. The fourth-order valence-electron chi connectivity index (χ4n) is 2.55. The SMILES string of the molecule is CC(=O)NN1C(=O)CCC2(CCCNC2)C1=O. The Balaban J connectivity index is 2.18. The van der Waals surface area contributed by atoms with Crippen LogP contribution < -0.4 is 10.7 Å². The average Bonchev–Trinajstić information content (AvgIpc) is 2.31. The highest BCUT2D eigenvalue weighted by Crippen LogP contribution is 2.36. The fraction of sp³-hybridized carbons (Fsp3) is 0.727. The molecule has 17 heavy (non-hydrogen) atoms. The summed E-state index contributed by atoms with van der Waals surface area (Å²) in [4.78, 5) is 34.9. The molecule has 0 aromatic rings. The molecule has 1 atom stereocenters. The molecule has 94 valence electrons. The Morgan fingerprint density at radius 3 is 2.76 bits per heavy atom. The van der Waals surface area contributed by atoms with Crippen molar-refractivity contribution in [3.05, 3.63) is 0 Å². The molecule has 1 unspecified atom stereocenters. The number of imide groups is 1. The smallest absolute Gasteiger partial charge is 0.255 e. The van der Waals surface area contributed by atoms with Crippen LogP contribution in [0.3, 0.4) is 0 Å². The number of rotatable bonds is 1. The van der Waals surface area contributed by atoms with Crippen LogP contribution in [0.2, 0.25) is 0 Å². The number of nitrogens with one attached hydrogen (secondary N) is 2. The maximum atomic E-state index is 12.3. The third-order valence-electron chi connectivity index (χ3n) is 3.47. The van der Waals surface area contributed by atoms with E-state index >= 15 is 0 Å². The minimum Gasteiger partial charge on any atom is -0.316 e. The van der Waals surface area contributed by atoms with E-state index in [2.05, 4.69) is 10.7 Å². The molecule has 0 saturated carbocycles. The van der Waals surface area contributed by atoms with Crippen molar-refractivity contribution >= 4 is 17.7 Å². The number of nitrogens with zero attached hydrogens (tertiary/aromatic N) is 1. The molecule has 2 saturated heterocycles. The summed E-state index contributed by atoms with van der Waals surface area (Å²) in [6.07, 6.45) is 2.59. The molecule has 1 spiro atoms. The second-order valence-electron chi connectivity index (χ2n) is 4.76. The molecule has 2 aliphatic rings. The standard InChI is InChI=1S/C11H17N3O3/c1-8(15)13-14-9(16)3-5-11(10(14)17)4-2-6-12-7-11/h12H,2-7H2,1H3,(H,13,15). The van der Waals surface area contributed by atoms with Gasteiger partial charge in [0.05, 0.1) is 5.41 Å². The summed E-state index contributed by atoms with van der Waals surface area (Å²) in [6.45, 7) is 2.79. The Kier molecular flexibility index (Phi) is 3.15. The van der Waals surface area contributed by atoms with Gasteiger partial charge in [-0.1, -0.05) is 0 Å². The Labute approximate surface area is 99.7 Å². The zero-order valence-corrected chi connectivity index (χ0v) is 9.91. The average molecular weight is 239 g/mol. The fourth-order valence-corrected chi connectivity index (χ4v) is 2.55. The first kappa shape index (κ1) is 12.0. The molecule has 2 N–H and O–H groups in total. The van der Waals surface area contributed by atoms with Crippen molar-refractivity contribution in [2.75, 3.05) is 13.1 Å². The molecule has 2 aliphatic heterocycles. The summed E-state index contributed by atoms with van der Waals surface area (Å²) in [5.41, 5.74) is 1.82. The number of piperidine rings is 2. The zero-order chi connectivity index (χ0) is 12.5. The number of hydrogen-bond acceptors (Lipinski definition) is 4. The van der Waals surface area contributed by atoms with Crippen LogP contribution in [0.15, 0.2) is 0 Å². The van der Waals surface area contributed by atoms with Crippen molar-refractivity contribution in [3.63, 3.8) is 0 Å². The largest absolute Gasteiger partial charge is 0.316 e. The van der Waals surface area contributed by atoms with Gasteiger partial charge in [-0.05, 0) is 25.8 Å². The number of carbonyl (C=O) groups is 3. The number of hydrazine groups is 1. The Morgan fingerprint density at radius 2 is 2.18 bits per heavy atom. The van der Waals surface area contributed by atoms with Gasteiger partial charge in [-0.2, -0.15) is 5.01 Å². The van der Waals surface area contributed by atoms with Crippen LogP contribution in [0, 0.1) is 5.41 Å². The van der Waals surface area contributed by atoms with Crippen LogP contribution in [0.4, 0.5) is 0 Å². The van der Waals surface area contributed by atoms with Crippen molar-refractivity contribution in [1.29, 1.82) is 0 Å². The van der Waals surface area contributed by atoms with Gasteiger partial charge < -0.3 is 5.32 Å². The van der Waals surface area contributed by atoms with Gasteiger partial charge in [0.25, 0.3) is 5.91 Å². The lowest BCUT2D eigenvalue weighted by atomic mass is 9.74. The Hall–Kier alpha value is -1.43. The van der Waals surface area contributed by atoms with Crippen molar-refractivity contribution in [3.8, 4) is 0 Å². The summed E-state index contributed by atoms with van der Waals surface area (Å²) in [7, 11) is 0. The van der Waals surface area contributed by atoms with E-state index in [1.807, 2.05) is 0 Å². The summed E-state index contributed by atoms with van der Waals surface area (Å²) in [5, 5.41) is 4.09. The van der Waals surface area contributed by atoms with Crippen molar-refractivity contribution in [2.45, 2.75) is 32.6 Å². The molecule has 0 aliphatic carbocycles. The second-order valence-corrected chi connectivity index (χ2v) is 4.76. The molecule has 2 heterocycles. The summed E-state index contributed by atoms with van der Waals surface area (Å²) >= 11 is 0. The second kappa shape index (κ2) is 4.44. The van der Waals surface area contributed by atoms with E-state index in [1.54, 1.807) is 0 Å². The molecule has 2 fully saturated rings. The van der Waals surface area contributed by atoms with Gasteiger partial charge in [-0.15, -0.1) is 0 Å². The van der Waals surface area contributed by atoms with Crippen LogP contribution in [-0.4, -0.2) is 35.8 Å². The quantitative estimate of drug-likeness (QED) is 0.608. The first-order valence-corrected chi connectivity index (χ1v) is 5.90. The van der Waals surface area contributed by atoms with Gasteiger partial charge in [0.1, 0.15) is 0 Å². The summed E-state index contributed by atoms with van der Waals surface area (Å²) in [5.74, 6) is -0.981. The van der Waals surface area contributed by atoms with Gasteiger partial charge in [0, 0.05) is 19.9 Å². The van der Waals surface area contributed by atoms with Gasteiger partial charge in [0.15, 0.2) is 0 Å². The highest BCUT2D eigenvalue weighted by atomic mass is 16.2. The lowest BCUT2D eigenvalue weighted by Gasteiger charge is -2.42. The maximum absolute atomic E-state index is 12.3. The lowest BCUT2D eigenvalue weighted by molar-refractivity contribution is -0.165. The molecule has 0 bridgehead atoms. The van der Waals surface area contributed by atoms with Gasteiger partial charge in [-0.25, -0.2) is 0 Å². The molecular weight excluding hydrogens is 222 g/mol. The van der Waals surface area contributed by atoms with E-state index in [-0.39, 0.29) is 11.8 Å². The van der Waals surface area contributed by atoms with Crippen molar-refractivity contribution < 1.29 is 14.4 Å². The monoisotopic (exact) mass is 239 g/mol. The predicted molar refractivity (Wildman–Crippen MR) is 59.4 cm³/mol. The molecular formula is C11H17N3O3. The van der Waals surface area contributed by atoms with E-state index in [0.29, 0.717) is 19.4 Å². The highest BCUT2D eigenvalue weighted by Gasteiger charge is 2.48. The lowest BCUT2D eigenvalue weighted by Crippen LogP contribution is -2.61. The molecule has 0 aromatic heterocycles. The molecule has 3 amide bonds. The number of hydrogen-bond donors (Lipinski definition) is 2. The highest BCUT2D eigenvalue weighted by molar-refractivity contribution is 6.02. The van der Waals surface area contributed by atoms with Gasteiger partial charge in [-0.3, -0.25) is 19.8 Å². The van der Waals surface area contributed by atoms with Crippen LogP contribution in [0.25, 0.3) is 0 Å². The van der Waals surface area contributed by atoms with Crippen LogP contribution in [-0.2, 0) is 14.4 Å². The van der Waals surface area contributed by atoms with Gasteiger partial charge >= 0.3 is 0 Å². The summed E-state index contributed by atoms with van der Waals surface area (Å²) in [6, 6.07) is 0. The molecule has 0 aromatic carbocycles. The topological polar surface area (TPSA) is 78.5 Å². The van der Waals surface area contributed by atoms with Crippen LogP contribution >= 0.6 is 0 Å². The third kappa shape index (κ3) is 2.17. The number of amides is 3. The molecule has 0 radical (unpaired) electrons. The predicted octanol–water partition coefficient (Wildman–Crippen LogP) is -0.444. The minimum absolute atomic E-state index is 0.267. The van der Waals surface area contributed by atoms with E-state index < -0.39 is 11.3 Å². The Morgan fingerprint density at radius 1 is 1.41 bits per heavy atom. The third-order valence-corrected chi connectivity index (χ3v) is 3.47. The van der Waals surface area contributed by atoms with Crippen molar-refractivity contribution in [2.24, 2.45) is 5.41 Å². The normalized spacial score (nSPS) is 29.6. The van der Waals surface area contributed by atoms with E-state index in [1.165, 1.54) is 6.92 Å². The van der Waals surface area contributed by atoms with Crippen LogP contribution in [0.1, 0.15) is 32.6 Å². The maximum Gasteiger partial charge on any atom is 0.255 e. The Bertz CT molecular complexity index is 361.